The van der Waals surface area contributed by atoms with Gasteiger partial charge >= 0.3 is 0 Å². The van der Waals surface area contributed by atoms with Gasteiger partial charge in [0.15, 0.2) is 5.13 Å². The van der Waals surface area contributed by atoms with Crippen LogP contribution in [0.4, 0.5) is 10.8 Å². The van der Waals surface area contributed by atoms with Gasteiger partial charge in [-0.25, -0.2) is 9.97 Å². The van der Waals surface area contributed by atoms with Crippen LogP contribution < -0.4 is 15.4 Å². The van der Waals surface area contributed by atoms with Crippen molar-refractivity contribution < 1.29 is 9.53 Å². The van der Waals surface area contributed by atoms with Crippen molar-refractivity contribution in [2.24, 2.45) is 0 Å². The summed E-state index contributed by atoms with van der Waals surface area (Å²) in [5, 5.41) is 8.44. The van der Waals surface area contributed by atoms with Gasteiger partial charge in [0, 0.05) is 34.9 Å². The summed E-state index contributed by atoms with van der Waals surface area (Å²) in [5.41, 5.74) is 3.68. The molecule has 0 saturated carbocycles. The smallest absolute Gasteiger partial charge is 0.276 e. The quantitative estimate of drug-likeness (QED) is 0.397. The second-order valence-electron chi connectivity index (χ2n) is 6.44. The van der Waals surface area contributed by atoms with E-state index in [1.807, 2.05) is 53.9 Å². The number of nitrogens with zero attached hydrogens (tertiary/aromatic N) is 2. The van der Waals surface area contributed by atoms with E-state index in [9.17, 15) is 4.79 Å². The van der Waals surface area contributed by atoms with Crippen molar-refractivity contribution in [1.29, 1.82) is 0 Å². The molecule has 0 fully saturated rings. The molecular formula is C22H21N5O2S. The molecule has 0 spiro atoms. The van der Waals surface area contributed by atoms with Crippen LogP contribution >= 0.6 is 11.3 Å². The van der Waals surface area contributed by atoms with Crippen LogP contribution in [0.1, 0.15) is 17.4 Å². The number of thiazole rings is 1. The zero-order valence-corrected chi connectivity index (χ0v) is 17.4. The molecule has 2 heterocycles. The van der Waals surface area contributed by atoms with Crippen molar-refractivity contribution in [3.8, 4) is 28.4 Å². The van der Waals surface area contributed by atoms with Crippen molar-refractivity contribution >= 4 is 28.1 Å². The molecule has 4 aromatic rings. The number of rotatable bonds is 7. The molecule has 4 rings (SSSR count). The first kappa shape index (κ1) is 19.7. The molecule has 3 N–H and O–H groups in total. The Kier molecular flexibility index (Phi) is 5.76. The van der Waals surface area contributed by atoms with Crippen molar-refractivity contribution in [1.82, 2.24) is 15.0 Å². The Balaban J connectivity index is 1.72. The minimum atomic E-state index is -0.293. The van der Waals surface area contributed by atoms with Crippen LogP contribution in [0.3, 0.4) is 0 Å². The van der Waals surface area contributed by atoms with Crippen LogP contribution in [-0.4, -0.2) is 34.5 Å². The standard InChI is InChI=1S/C22H21N5O2S/c1-3-23-16-8-4-15(5-9-16)20-25-18(14-6-10-17(29-2)11-7-14)19(26-20)21(28)27-22-24-12-13-30-22/h4-13,23H,3H2,1-2H3,(H,25,26)(H,24,27,28). The fraction of sp³-hybridized carbons (Fsp3) is 0.136. The first-order valence-corrected chi connectivity index (χ1v) is 10.4. The van der Waals surface area contributed by atoms with E-state index < -0.39 is 0 Å². The number of imidazole rings is 1. The maximum Gasteiger partial charge on any atom is 0.276 e. The molecule has 0 aliphatic carbocycles. The van der Waals surface area contributed by atoms with Crippen molar-refractivity contribution in [3.05, 3.63) is 65.8 Å². The number of methoxy groups -OCH3 is 1. The molecule has 30 heavy (non-hydrogen) atoms. The molecule has 0 aliphatic heterocycles. The third kappa shape index (κ3) is 4.18. The number of carbonyl (C=O) groups is 1. The number of carbonyl (C=O) groups excluding carboxylic acids is 1. The predicted octanol–water partition coefficient (Wildman–Crippen LogP) is 4.89. The number of amides is 1. The van der Waals surface area contributed by atoms with Crippen LogP contribution in [0, 0.1) is 0 Å². The van der Waals surface area contributed by atoms with Gasteiger partial charge in [0.1, 0.15) is 23.0 Å². The highest BCUT2D eigenvalue weighted by molar-refractivity contribution is 7.13. The second-order valence-corrected chi connectivity index (χ2v) is 7.33. The van der Waals surface area contributed by atoms with Gasteiger partial charge in [0.05, 0.1) is 7.11 Å². The van der Waals surface area contributed by atoms with Gasteiger partial charge < -0.3 is 15.0 Å². The Hall–Kier alpha value is -3.65. The largest absolute Gasteiger partial charge is 0.497 e. The minimum Gasteiger partial charge on any atom is -0.497 e. The third-order valence-electron chi connectivity index (χ3n) is 4.49. The van der Waals surface area contributed by atoms with E-state index in [1.54, 1.807) is 13.3 Å². The van der Waals surface area contributed by atoms with E-state index in [2.05, 4.69) is 27.5 Å². The molecule has 0 aliphatic rings. The summed E-state index contributed by atoms with van der Waals surface area (Å²) >= 11 is 1.36. The van der Waals surface area contributed by atoms with Crippen molar-refractivity contribution in [2.75, 3.05) is 24.3 Å². The summed E-state index contributed by atoms with van der Waals surface area (Å²) in [6, 6.07) is 15.4. The average Bonchev–Trinajstić information content (AvgIpc) is 3.45. The van der Waals surface area contributed by atoms with Crippen LogP contribution in [-0.2, 0) is 0 Å². The highest BCUT2D eigenvalue weighted by atomic mass is 32.1. The summed E-state index contributed by atoms with van der Waals surface area (Å²) in [5.74, 6) is 1.06. The molecule has 2 aromatic heterocycles. The lowest BCUT2D eigenvalue weighted by Crippen LogP contribution is -2.13. The van der Waals surface area contributed by atoms with Crippen LogP contribution in [0.25, 0.3) is 22.6 Å². The lowest BCUT2D eigenvalue weighted by molar-refractivity contribution is 0.102. The Morgan fingerprint density at radius 1 is 1.10 bits per heavy atom. The van der Waals surface area contributed by atoms with Gasteiger partial charge in [0.2, 0.25) is 0 Å². The molecule has 1 amide bonds. The van der Waals surface area contributed by atoms with Gasteiger partial charge in [-0.15, -0.1) is 11.3 Å². The molecule has 2 aromatic carbocycles. The summed E-state index contributed by atoms with van der Waals surface area (Å²) in [7, 11) is 1.62. The van der Waals surface area contributed by atoms with Crippen LogP contribution in [0.15, 0.2) is 60.1 Å². The summed E-state index contributed by atoms with van der Waals surface area (Å²) in [6.07, 6.45) is 1.65. The number of anilines is 2. The highest BCUT2D eigenvalue weighted by Crippen LogP contribution is 2.29. The molecule has 0 saturated heterocycles. The van der Waals surface area contributed by atoms with E-state index in [0.29, 0.717) is 22.3 Å². The van der Waals surface area contributed by atoms with Gasteiger partial charge in [0.25, 0.3) is 5.91 Å². The first-order chi connectivity index (χ1) is 14.7. The van der Waals surface area contributed by atoms with E-state index in [4.69, 9.17) is 9.72 Å². The molecule has 0 unspecified atom stereocenters. The molecule has 8 heteroatoms. The number of benzene rings is 2. The Labute approximate surface area is 178 Å². The molecular weight excluding hydrogens is 398 g/mol. The molecule has 7 nitrogen and oxygen atoms in total. The van der Waals surface area contributed by atoms with Crippen molar-refractivity contribution in [2.45, 2.75) is 6.92 Å². The first-order valence-electron chi connectivity index (χ1n) is 9.47. The van der Waals surface area contributed by atoms with Crippen LogP contribution in [0.5, 0.6) is 5.75 Å². The predicted molar refractivity (Wildman–Crippen MR) is 120 cm³/mol. The van der Waals surface area contributed by atoms with E-state index >= 15 is 0 Å². The van der Waals surface area contributed by atoms with Gasteiger partial charge in [-0.1, -0.05) is 0 Å². The fourth-order valence-electron chi connectivity index (χ4n) is 3.03. The van der Waals surface area contributed by atoms with E-state index in [-0.39, 0.29) is 5.91 Å². The maximum absolute atomic E-state index is 13.0. The number of hydrogen-bond acceptors (Lipinski definition) is 6. The highest BCUT2D eigenvalue weighted by Gasteiger charge is 2.20. The lowest BCUT2D eigenvalue weighted by atomic mass is 10.1. The zero-order chi connectivity index (χ0) is 20.9. The number of aromatic amines is 1. The number of ether oxygens (including phenoxy) is 1. The Bertz CT molecular complexity index is 1120. The third-order valence-corrected chi connectivity index (χ3v) is 5.17. The number of H-pyrrole nitrogens is 1. The molecule has 0 radical (unpaired) electrons. The normalized spacial score (nSPS) is 10.6. The van der Waals surface area contributed by atoms with Crippen molar-refractivity contribution in [3.63, 3.8) is 0 Å². The molecule has 0 atom stereocenters. The Morgan fingerprint density at radius 3 is 2.47 bits per heavy atom. The number of nitrogens with one attached hydrogen (secondary N) is 3. The van der Waals surface area contributed by atoms with Crippen LogP contribution in [0.2, 0.25) is 0 Å². The molecule has 0 bridgehead atoms. The lowest BCUT2D eigenvalue weighted by Gasteiger charge is -2.04. The minimum absolute atomic E-state index is 0.293. The maximum atomic E-state index is 13.0. The monoisotopic (exact) mass is 419 g/mol. The van der Waals surface area contributed by atoms with Gasteiger partial charge in [-0.05, 0) is 55.5 Å². The summed E-state index contributed by atoms with van der Waals surface area (Å²) in [4.78, 5) is 25.0. The number of hydrogen-bond donors (Lipinski definition) is 3. The zero-order valence-electron chi connectivity index (χ0n) is 16.6. The Morgan fingerprint density at radius 2 is 1.83 bits per heavy atom. The average molecular weight is 420 g/mol. The second kappa shape index (κ2) is 8.79. The van der Waals surface area contributed by atoms with Gasteiger partial charge in [-0.3, -0.25) is 10.1 Å². The summed E-state index contributed by atoms with van der Waals surface area (Å²) < 4.78 is 5.24. The summed E-state index contributed by atoms with van der Waals surface area (Å²) in [6.45, 7) is 2.90. The van der Waals surface area contributed by atoms with E-state index in [0.717, 1.165) is 29.1 Å². The number of aromatic nitrogens is 3. The topological polar surface area (TPSA) is 91.9 Å². The fourth-order valence-corrected chi connectivity index (χ4v) is 3.55. The molecule has 152 valence electrons. The van der Waals surface area contributed by atoms with Gasteiger partial charge in [-0.2, -0.15) is 0 Å². The van der Waals surface area contributed by atoms with E-state index in [1.165, 1.54) is 11.3 Å². The SMILES string of the molecule is CCNc1ccc(-c2nc(-c3ccc(OC)cc3)c(C(=O)Nc3nccs3)[nH]2)cc1.